The fraction of sp³-hybridized carbons (Fsp3) is 0.222. The Morgan fingerprint density at radius 1 is 1.22 bits per heavy atom. The maximum atomic E-state index is 11.5. The van der Waals surface area contributed by atoms with Gasteiger partial charge < -0.3 is 9.90 Å². The number of hydrogen-bond donors (Lipinski definition) is 0. The van der Waals surface area contributed by atoms with Gasteiger partial charge in [-0.05, 0) is 12.1 Å². The molecule has 0 aromatic heterocycles. The van der Waals surface area contributed by atoms with Crippen LogP contribution in [0.15, 0.2) is 12.1 Å². The van der Waals surface area contributed by atoms with Crippen molar-refractivity contribution in [2.75, 3.05) is 17.1 Å². The van der Waals surface area contributed by atoms with E-state index in [9.17, 15) is 18.3 Å². The van der Waals surface area contributed by atoms with Gasteiger partial charge in [-0.2, -0.15) is 0 Å². The summed E-state index contributed by atoms with van der Waals surface area (Å²) in [6.45, 7) is -0.865. The summed E-state index contributed by atoms with van der Waals surface area (Å²) in [5.41, 5.74) is -0.0715. The van der Waals surface area contributed by atoms with Gasteiger partial charge in [0.1, 0.15) is 0 Å². The van der Waals surface area contributed by atoms with Gasteiger partial charge >= 0.3 is 0 Å². The minimum Gasteiger partial charge on any atom is -0.548 e. The van der Waals surface area contributed by atoms with Crippen molar-refractivity contribution in [3.05, 3.63) is 27.2 Å². The van der Waals surface area contributed by atoms with Crippen LogP contribution in [-0.2, 0) is 14.8 Å². The molecule has 1 aromatic carbocycles. The van der Waals surface area contributed by atoms with Crippen LogP contribution in [0.4, 0.5) is 5.69 Å². The Morgan fingerprint density at radius 3 is 2.17 bits per heavy atom. The maximum Gasteiger partial charge on any atom is 0.232 e. The first kappa shape index (κ1) is 15.4. The van der Waals surface area contributed by atoms with Gasteiger partial charge in [-0.1, -0.05) is 34.8 Å². The first-order chi connectivity index (χ1) is 8.12. The first-order valence-corrected chi connectivity index (χ1v) is 7.43. The van der Waals surface area contributed by atoms with Gasteiger partial charge in [-0.15, -0.1) is 0 Å². The number of benzene rings is 1. The highest BCUT2D eigenvalue weighted by Gasteiger charge is 2.21. The number of rotatable bonds is 4. The van der Waals surface area contributed by atoms with Crippen LogP contribution in [0.2, 0.25) is 15.1 Å². The maximum absolute atomic E-state index is 11.5. The van der Waals surface area contributed by atoms with Crippen molar-refractivity contribution in [3.63, 3.8) is 0 Å². The topological polar surface area (TPSA) is 77.5 Å². The Balaban J connectivity index is 3.39. The van der Waals surface area contributed by atoms with Crippen LogP contribution in [0.5, 0.6) is 0 Å². The van der Waals surface area contributed by atoms with Crippen LogP contribution in [0.1, 0.15) is 0 Å². The van der Waals surface area contributed by atoms with Crippen LogP contribution >= 0.6 is 34.8 Å². The number of sulfonamides is 1. The van der Waals surface area contributed by atoms with E-state index in [2.05, 4.69) is 0 Å². The monoisotopic (exact) mass is 330 g/mol. The molecule has 0 radical (unpaired) electrons. The van der Waals surface area contributed by atoms with Gasteiger partial charge in [0.05, 0.1) is 39.5 Å². The lowest BCUT2D eigenvalue weighted by Gasteiger charge is -2.24. The highest BCUT2D eigenvalue weighted by molar-refractivity contribution is 7.92. The van der Waals surface area contributed by atoms with Gasteiger partial charge in [-0.25, -0.2) is 8.42 Å². The lowest BCUT2D eigenvalue weighted by Crippen LogP contribution is -2.41. The number of aliphatic carboxylic acids is 1. The van der Waals surface area contributed by atoms with Crippen molar-refractivity contribution >= 4 is 56.5 Å². The van der Waals surface area contributed by atoms with E-state index in [0.29, 0.717) is 4.31 Å². The van der Waals surface area contributed by atoms with Crippen LogP contribution < -0.4 is 9.41 Å². The molecule has 0 saturated carbocycles. The van der Waals surface area contributed by atoms with E-state index in [0.717, 1.165) is 6.26 Å². The Hall–Kier alpha value is -0.690. The summed E-state index contributed by atoms with van der Waals surface area (Å²) in [5, 5.41) is 10.7. The minimum absolute atomic E-state index is 0.0314. The predicted octanol–water partition coefficient (Wildman–Crippen LogP) is 1.16. The lowest BCUT2D eigenvalue weighted by molar-refractivity contribution is -0.303. The molecule has 0 unspecified atom stereocenters. The molecule has 0 aliphatic carbocycles. The van der Waals surface area contributed by atoms with Crippen molar-refractivity contribution in [1.29, 1.82) is 0 Å². The Morgan fingerprint density at radius 2 is 1.72 bits per heavy atom. The SMILES string of the molecule is CS(=O)(=O)N(CC(=O)[O-])c1cc(Cl)c(Cl)cc1Cl. The second-order valence-electron chi connectivity index (χ2n) is 3.36. The average Bonchev–Trinajstić information content (AvgIpc) is 2.18. The molecule has 1 aromatic rings. The van der Waals surface area contributed by atoms with Crippen LogP contribution in [0, 0.1) is 0 Å². The summed E-state index contributed by atoms with van der Waals surface area (Å²) >= 11 is 17.3. The molecule has 100 valence electrons. The van der Waals surface area contributed by atoms with E-state index in [1.807, 2.05) is 0 Å². The molecule has 1 rings (SSSR count). The zero-order valence-electron chi connectivity index (χ0n) is 8.98. The third-order valence-corrected chi connectivity index (χ3v) is 4.08. The first-order valence-electron chi connectivity index (χ1n) is 4.45. The fourth-order valence-electron chi connectivity index (χ4n) is 1.20. The molecule has 0 amide bonds. The standard InChI is InChI=1S/C9H8Cl3NO4S/c1-18(16,17)13(4-9(14)15)8-3-6(11)5(10)2-7(8)12/h2-3H,4H2,1H3,(H,14,15)/p-1. The summed E-state index contributed by atoms with van der Waals surface area (Å²) in [6, 6.07) is 2.41. The van der Waals surface area contributed by atoms with Gasteiger partial charge in [0.2, 0.25) is 10.0 Å². The normalized spacial score (nSPS) is 11.3. The molecule has 9 heteroatoms. The Bertz CT molecular complexity index is 588. The number of hydrogen-bond acceptors (Lipinski definition) is 4. The molecule has 0 heterocycles. The molecule has 0 atom stereocenters. The number of halogens is 3. The van der Waals surface area contributed by atoms with Crippen molar-refractivity contribution in [3.8, 4) is 0 Å². The van der Waals surface area contributed by atoms with E-state index in [1.54, 1.807) is 0 Å². The van der Waals surface area contributed by atoms with E-state index in [-0.39, 0.29) is 20.8 Å². The summed E-state index contributed by atoms with van der Waals surface area (Å²) in [4.78, 5) is 10.6. The highest BCUT2D eigenvalue weighted by Crippen LogP contribution is 2.35. The van der Waals surface area contributed by atoms with E-state index in [4.69, 9.17) is 34.8 Å². The molecular formula is C9H7Cl3NO4S-. The van der Waals surface area contributed by atoms with Crippen LogP contribution in [0.25, 0.3) is 0 Å². The quantitative estimate of drug-likeness (QED) is 0.776. The highest BCUT2D eigenvalue weighted by atomic mass is 35.5. The molecule has 0 spiro atoms. The minimum atomic E-state index is -3.84. The van der Waals surface area contributed by atoms with Crippen molar-refractivity contribution < 1.29 is 18.3 Å². The molecule has 0 aliphatic heterocycles. The predicted molar refractivity (Wildman–Crippen MR) is 68.7 cm³/mol. The Labute approximate surface area is 119 Å². The zero-order chi connectivity index (χ0) is 14.1. The molecule has 5 nitrogen and oxygen atoms in total. The number of carboxylic acid groups (broad SMARTS) is 1. The largest absolute Gasteiger partial charge is 0.548 e. The summed E-state index contributed by atoms with van der Waals surface area (Å²) in [5.74, 6) is -1.57. The molecule has 0 saturated heterocycles. The fourth-order valence-corrected chi connectivity index (χ4v) is 2.74. The van der Waals surface area contributed by atoms with Gasteiger partial charge in [0.25, 0.3) is 0 Å². The van der Waals surface area contributed by atoms with Crippen molar-refractivity contribution in [1.82, 2.24) is 0 Å². The molecule has 0 aliphatic rings. The number of anilines is 1. The van der Waals surface area contributed by atoms with Gasteiger partial charge in [0, 0.05) is 0 Å². The third kappa shape index (κ3) is 3.65. The van der Waals surface area contributed by atoms with Crippen molar-refractivity contribution in [2.45, 2.75) is 0 Å². The van der Waals surface area contributed by atoms with E-state index < -0.39 is 22.5 Å². The second kappa shape index (κ2) is 5.52. The number of carbonyl (C=O) groups is 1. The summed E-state index contributed by atoms with van der Waals surface area (Å²) in [6.07, 6.45) is 0.842. The molecule has 0 bridgehead atoms. The molecular weight excluding hydrogens is 325 g/mol. The summed E-state index contributed by atoms with van der Waals surface area (Å²) in [7, 11) is -3.84. The van der Waals surface area contributed by atoms with Gasteiger partial charge in [-0.3, -0.25) is 4.31 Å². The number of carbonyl (C=O) groups excluding carboxylic acids is 1. The smallest absolute Gasteiger partial charge is 0.232 e. The lowest BCUT2D eigenvalue weighted by atomic mass is 10.3. The van der Waals surface area contributed by atoms with E-state index in [1.165, 1.54) is 12.1 Å². The number of nitrogens with zero attached hydrogens (tertiary/aromatic N) is 1. The molecule has 18 heavy (non-hydrogen) atoms. The van der Waals surface area contributed by atoms with E-state index >= 15 is 0 Å². The van der Waals surface area contributed by atoms with Crippen LogP contribution in [-0.4, -0.2) is 27.2 Å². The average molecular weight is 332 g/mol. The summed E-state index contributed by atoms with van der Waals surface area (Å²) < 4.78 is 23.6. The molecule has 0 fully saturated rings. The molecule has 0 N–H and O–H groups in total. The zero-order valence-corrected chi connectivity index (χ0v) is 12.1. The van der Waals surface area contributed by atoms with Gasteiger partial charge in [0.15, 0.2) is 0 Å². The number of carboxylic acids is 1. The van der Waals surface area contributed by atoms with Crippen LogP contribution in [0.3, 0.4) is 0 Å². The Kier molecular flexibility index (Phi) is 4.72. The second-order valence-corrected chi connectivity index (χ2v) is 6.49. The van der Waals surface area contributed by atoms with Crippen molar-refractivity contribution in [2.24, 2.45) is 0 Å². The third-order valence-electron chi connectivity index (χ3n) is 1.93.